The van der Waals surface area contributed by atoms with Gasteiger partial charge in [0.2, 0.25) is 0 Å². The van der Waals surface area contributed by atoms with Crippen molar-refractivity contribution in [3.63, 3.8) is 0 Å². The number of hydrogen-bond acceptors (Lipinski definition) is 8. The van der Waals surface area contributed by atoms with Crippen LogP contribution >= 0.6 is 11.3 Å². The van der Waals surface area contributed by atoms with E-state index in [2.05, 4.69) is 5.32 Å². The molecule has 0 bridgehead atoms. The summed E-state index contributed by atoms with van der Waals surface area (Å²) in [6, 6.07) is 20.6. The van der Waals surface area contributed by atoms with Crippen molar-refractivity contribution in [1.82, 2.24) is 0 Å². The molecule has 10 nitrogen and oxygen atoms in total. The second-order valence-electron chi connectivity index (χ2n) is 7.57. The third-order valence-corrected chi connectivity index (χ3v) is 6.37. The number of anilines is 1. The number of benzene rings is 3. The zero-order valence-corrected chi connectivity index (χ0v) is 19.9. The highest BCUT2D eigenvalue weighted by Crippen LogP contribution is 2.35. The van der Waals surface area contributed by atoms with Crippen LogP contribution < -0.4 is 20.5 Å². The molecule has 0 saturated heterocycles. The summed E-state index contributed by atoms with van der Waals surface area (Å²) in [5.74, 6) is 0.794. The predicted molar refractivity (Wildman–Crippen MR) is 137 cm³/mol. The zero-order valence-electron chi connectivity index (χ0n) is 19.1. The molecular formula is C25H22N4O6S. The molecule has 1 aromatic heterocycles. The number of rotatable bonds is 9. The first-order valence-corrected chi connectivity index (χ1v) is 11.5. The monoisotopic (exact) mass is 506 g/mol. The number of nitrogens with one attached hydrogen (secondary N) is 2. The van der Waals surface area contributed by atoms with E-state index in [0.717, 1.165) is 15.6 Å². The number of thiophene rings is 1. The first-order valence-electron chi connectivity index (χ1n) is 10.7. The fourth-order valence-corrected chi connectivity index (χ4v) is 4.42. The Labute approximate surface area is 209 Å². The number of nitrogen functional groups attached to an aromatic ring is 1. The van der Waals surface area contributed by atoms with Crippen LogP contribution in [-0.2, 0) is 4.74 Å². The largest absolute Gasteiger partial charge is 0.496 e. The van der Waals surface area contributed by atoms with Gasteiger partial charge >= 0.3 is 6.09 Å². The summed E-state index contributed by atoms with van der Waals surface area (Å²) in [5, 5.41) is 22.3. The molecule has 0 spiro atoms. The Kier molecular flexibility index (Phi) is 7.31. The smallest absolute Gasteiger partial charge is 0.411 e. The highest BCUT2D eigenvalue weighted by Gasteiger charge is 2.21. The average Bonchev–Trinajstić information content (AvgIpc) is 3.33. The molecular weight excluding hydrogens is 484 g/mol. The summed E-state index contributed by atoms with van der Waals surface area (Å²) in [7, 11) is 1.39. The van der Waals surface area contributed by atoms with Gasteiger partial charge in [-0.3, -0.25) is 20.8 Å². The minimum Gasteiger partial charge on any atom is -0.496 e. The van der Waals surface area contributed by atoms with Crippen LogP contribution in [0.15, 0.2) is 72.8 Å². The molecule has 4 aromatic rings. The van der Waals surface area contributed by atoms with E-state index >= 15 is 0 Å². The number of amides is 1. The normalized spacial score (nSPS) is 11.5. The Morgan fingerprint density at radius 3 is 2.61 bits per heavy atom. The standard InChI is InChI=1S/C25H22N4O6S/c1-33-16-10-11-18(19(12-16)29(31)32)28-25(30)34-14-21(15-6-3-2-4-7-15)35-20-8-5-9-22-17(20)13-23(36-22)24(26)27/h2-13,21H,14H2,1H3,(H3,26,27)(H,28,30). The lowest BCUT2D eigenvalue weighted by molar-refractivity contribution is -0.384. The molecule has 1 heterocycles. The van der Waals surface area contributed by atoms with Crippen molar-refractivity contribution in [3.8, 4) is 11.5 Å². The van der Waals surface area contributed by atoms with Gasteiger partial charge in [0.1, 0.15) is 29.6 Å². The third kappa shape index (κ3) is 5.53. The van der Waals surface area contributed by atoms with Gasteiger partial charge in [0.25, 0.3) is 5.69 Å². The van der Waals surface area contributed by atoms with Crippen LogP contribution in [0.1, 0.15) is 16.5 Å². The van der Waals surface area contributed by atoms with Crippen molar-refractivity contribution >= 4 is 44.7 Å². The first-order chi connectivity index (χ1) is 17.4. The molecule has 0 fully saturated rings. The van der Waals surface area contributed by atoms with Crippen molar-refractivity contribution in [3.05, 3.63) is 93.4 Å². The summed E-state index contributed by atoms with van der Waals surface area (Å²) >= 11 is 1.38. The van der Waals surface area contributed by atoms with Crippen LogP contribution in [0.5, 0.6) is 11.5 Å². The average molecular weight is 507 g/mol. The quantitative estimate of drug-likeness (QED) is 0.118. The van der Waals surface area contributed by atoms with Gasteiger partial charge in [-0.15, -0.1) is 11.3 Å². The number of ether oxygens (including phenoxy) is 3. The molecule has 4 rings (SSSR count). The van der Waals surface area contributed by atoms with Gasteiger partial charge in [-0.25, -0.2) is 4.79 Å². The molecule has 11 heteroatoms. The van der Waals surface area contributed by atoms with Crippen LogP contribution in [0, 0.1) is 15.5 Å². The number of hydrogen-bond donors (Lipinski definition) is 3. The molecule has 1 amide bonds. The third-order valence-electron chi connectivity index (χ3n) is 5.23. The van der Waals surface area contributed by atoms with E-state index in [1.54, 1.807) is 12.1 Å². The lowest BCUT2D eigenvalue weighted by Gasteiger charge is -2.20. The Morgan fingerprint density at radius 2 is 1.92 bits per heavy atom. The summed E-state index contributed by atoms with van der Waals surface area (Å²) < 4.78 is 17.6. The highest BCUT2D eigenvalue weighted by molar-refractivity contribution is 7.20. The molecule has 0 aliphatic carbocycles. The molecule has 36 heavy (non-hydrogen) atoms. The van der Waals surface area contributed by atoms with Gasteiger partial charge in [0, 0.05) is 10.1 Å². The molecule has 3 aromatic carbocycles. The van der Waals surface area contributed by atoms with Gasteiger partial charge in [0.05, 0.1) is 23.0 Å². The van der Waals surface area contributed by atoms with Gasteiger partial charge in [0.15, 0.2) is 6.10 Å². The van der Waals surface area contributed by atoms with Crippen LogP contribution in [0.4, 0.5) is 16.2 Å². The number of fused-ring (bicyclic) bond motifs is 1. The fraction of sp³-hybridized carbons (Fsp3) is 0.120. The molecule has 0 aliphatic heterocycles. The maximum absolute atomic E-state index is 12.5. The first kappa shape index (κ1) is 24.5. The van der Waals surface area contributed by atoms with Crippen molar-refractivity contribution in [2.24, 2.45) is 5.73 Å². The Bertz CT molecular complexity index is 1420. The summed E-state index contributed by atoms with van der Waals surface area (Å²) in [6.45, 7) is -0.167. The number of nitrogens with two attached hydrogens (primary N) is 1. The van der Waals surface area contributed by atoms with Crippen LogP contribution in [-0.4, -0.2) is 30.6 Å². The number of carbonyl (C=O) groups excluding carboxylic acids is 1. The molecule has 4 N–H and O–H groups in total. The van der Waals surface area contributed by atoms with Crippen LogP contribution in [0.3, 0.4) is 0 Å². The minimum atomic E-state index is -0.875. The van der Waals surface area contributed by atoms with Crippen LogP contribution in [0.25, 0.3) is 10.1 Å². The molecule has 0 aliphatic rings. The highest BCUT2D eigenvalue weighted by atomic mass is 32.1. The van der Waals surface area contributed by atoms with E-state index in [0.29, 0.717) is 10.6 Å². The summed E-state index contributed by atoms with van der Waals surface area (Å²) in [5.41, 5.74) is 6.06. The molecule has 0 saturated carbocycles. The predicted octanol–water partition coefficient (Wildman–Crippen LogP) is 5.47. The maximum atomic E-state index is 12.5. The van der Waals surface area contributed by atoms with Crippen molar-refractivity contribution in [2.75, 3.05) is 19.0 Å². The van der Waals surface area contributed by atoms with Gasteiger partial charge in [-0.05, 0) is 35.9 Å². The number of carbonyl (C=O) groups is 1. The number of nitrogens with zero attached hydrogens (tertiary/aromatic N) is 1. The van der Waals surface area contributed by atoms with Crippen LogP contribution in [0.2, 0.25) is 0 Å². The van der Waals surface area contributed by atoms with Crippen molar-refractivity contribution in [2.45, 2.75) is 6.10 Å². The lowest BCUT2D eigenvalue weighted by Crippen LogP contribution is -2.21. The Hall–Kier alpha value is -4.64. The van der Waals surface area contributed by atoms with E-state index in [4.69, 9.17) is 25.4 Å². The topological polar surface area (TPSA) is 150 Å². The van der Waals surface area contributed by atoms with Gasteiger partial charge < -0.3 is 19.9 Å². The number of nitro benzene ring substituents is 1. The van der Waals surface area contributed by atoms with Gasteiger partial charge in [-0.1, -0.05) is 36.4 Å². The number of methoxy groups -OCH3 is 1. The van der Waals surface area contributed by atoms with Crippen molar-refractivity contribution < 1.29 is 23.9 Å². The molecule has 1 unspecified atom stereocenters. The van der Waals surface area contributed by atoms with E-state index in [1.807, 2.05) is 42.5 Å². The minimum absolute atomic E-state index is 0.0252. The fourth-order valence-electron chi connectivity index (χ4n) is 3.48. The van der Waals surface area contributed by atoms with E-state index in [1.165, 1.54) is 36.6 Å². The van der Waals surface area contributed by atoms with Gasteiger partial charge in [-0.2, -0.15) is 0 Å². The second kappa shape index (κ2) is 10.7. The zero-order chi connectivity index (χ0) is 25.7. The maximum Gasteiger partial charge on any atom is 0.411 e. The molecule has 1 atom stereocenters. The Morgan fingerprint density at radius 1 is 1.14 bits per heavy atom. The lowest BCUT2D eigenvalue weighted by atomic mass is 10.1. The van der Waals surface area contributed by atoms with Crippen molar-refractivity contribution in [1.29, 1.82) is 5.41 Å². The number of nitro groups is 1. The number of amidine groups is 1. The SMILES string of the molecule is COc1ccc(NC(=O)OCC(Oc2cccc3sc(C(=N)N)cc23)c2ccccc2)c([N+](=O)[O-])c1. The van der Waals surface area contributed by atoms with E-state index < -0.39 is 17.1 Å². The Balaban J connectivity index is 1.54. The van der Waals surface area contributed by atoms with E-state index in [9.17, 15) is 14.9 Å². The van der Waals surface area contributed by atoms with E-state index in [-0.39, 0.29) is 29.6 Å². The molecule has 0 radical (unpaired) electrons. The second-order valence-corrected chi connectivity index (χ2v) is 8.66. The molecule has 184 valence electrons. The summed E-state index contributed by atoms with van der Waals surface area (Å²) in [4.78, 5) is 23.9. The summed E-state index contributed by atoms with van der Waals surface area (Å²) in [6.07, 6.45) is -1.55.